The second-order valence-corrected chi connectivity index (χ2v) is 10.2. The van der Waals surface area contributed by atoms with Crippen molar-refractivity contribution in [3.8, 4) is 0 Å². The summed E-state index contributed by atoms with van der Waals surface area (Å²) >= 11 is 1.42. The number of rotatable bonds is 8. The molecule has 2 aromatic rings. The molecule has 7 nitrogen and oxygen atoms in total. The number of benzene rings is 1. The number of nitrogens with one attached hydrogen (secondary N) is 1. The van der Waals surface area contributed by atoms with Crippen LogP contribution in [-0.2, 0) is 27.6 Å². The average Bonchev–Trinajstić information content (AvgIpc) is 3.12. The predicted molar refractivity (Wildman–Crippen MR) is 121 cm³/mol. The molecule has 1 amide bonds. The lowest BCUT2D eigenvalue weighted by atomic mass is 9.95. The van der Waals surface area contributed by atoms with E-state index in [2.05, 4.69) is 5.32 Å². The normalized spacial score (nSPS) is 13.7. The van der Waals surface area contributed by atoms with Gasteiger partial charge in [-0.05, 0) is 62.4 Å². The lowest BCUT2D eigenvalue weighted by Gasteiger charge is -2.18. The smallest absolute Gasteiger partial charge is 0.341 e. The van der Waals surface area contributed by atoms with Gasteiger partial charge >= 0.3 is 5.97 Å². The van der Waals surface area contributed by atoms with Crippen molar-refractivity contribution < 1.29 is 22.7 Å². The van der Waals surface area contributed by atoms with Gasteiger partial charge in [-0.2, -0.15) is 4.31 Å². The predicted octanol–water partition coefficient (Wildman–Crippen LogP) is 4.09. The molecular weight excluding hydrogens is 436 g/mol. The van der Waals surface area contributed by atoms with Gasteiger partial charge in [0.2, 0.25) is 10.0 Å². The number of anilines is 1. The Labute approximate surface area is 187 Å². The van der Waals surface area contributed by atoms with E-state index in [1.807, 2.05) is 0 Å². The molecule has 0 unspecified atom stereocenters. The Morgan fingerprint density at radius 1 is 1.06 bits per heavy atom. The molecule has 1 aliphatic rings. The minimum atomic E-state index is -3.59. The summed E-state index contributed by atoms with van der Waals surface area (Å²) in [5.41, 5.74) is 1.75. The second-order valence-electron chi connectivity index (χ2n) is 7.20. The molecular formula is C22H28N2O5S2. The number of carbonyl (C=O) groups excluding carboxylic acids is 2. The molecule has 1 heterocycles. The third kappa shape index (κ3) is 4.83. The first kappa shape index (κ1) is 23.4. The molecule has 0 saturated heterocycles. The van der Waals surface area contributed by atoms with E-state index in [4.69, 9.17) is 4.74 Å². The van der Waals surface area contributed by atoms with Crippen molar-refractivity contribution in [2.45, 2.75) is 51.3 Å². The topological polar surface area (TPSA) is 92.8 Å². The summed E-state index contributed by atoms with van der Waals surface area (Å²) in [7, 11) is -3.59. The van der Waals surface area contributed by atoms with Crippen molar-refractivity contribution in [1.29, 1.82) is 0 Å². The summed E-state index contributed by atoms with van der Waals surface area (Å²) in [4.78, 5) is 26.7. The van der Waals surface area contributed by atoms with Crippen molar-refractivity contribution in [2.75, 3.05) is 25.0 Å². The van der Waals surface area contributed by atoms with Crippen LogP contribution >= 0.6 is 11.3 Å². The number of sulfonamides is 1. The van der Waals surface area contributed by atoms with Crippen LogP contribution < -0.4 is 5.32 Å². The zero-order valence-corrected chi connectivity index (χ0v) is 19.7. The molecule has 0 saturated carbocycles. The molecule has 3 rings (SSSR count). The van der Waals surface area contributed by atoms with Crippen molar-refractivity contribution in [3.05, 3.63) is 45.8 Å². The number of hydrogen-bond donors (Lipinski definition) is 1. The molecule has 0 atom stereocenters. The van der Waals surface area contributed by atoms with Crippen LogP contribution in [0.3, 0.4) is 0 Å². The standard InChI is InChI=1S/C22H28N2O5S2/c1-4-24(5-2)31(27,28)16-13-11-15(12-14-16)20(25)23-21-19(22(26)29-6-3)17-9-7-8-10-18(17)30-21/h11-14H,4-10H2,1-3H3,(H,23,25). The number of thiophene rings is 1. The van der Waals surface area contributed by atoms with Crippen molar-refractivity contribution in [2.24, 2.45) is 0 Å². The average molecular weight is 465 g/mol. The molecule has 168 valence electrons. The molecule has 0 radical (unpaired) electrons. The number of carbonyl (C=O) groups is 2. The van der Waals surface area contributed by atoms with E-state index in [-0.39, 0.29) is 11.5 Å². The third-order valence-corrected chi connectivity index (χ3v) is 8.61. The van der Waals surface area contributed by atoms with E-state index >= 15 is 0 Å². The van der Waals surface area contributed by atoms with Crippen LogP contribution in [0.4, 0.5) is 5.00 Å². The van der Waals surface area contributed by atoms with Crippen LogP contribution in [0.15, 0.2) is 29.2 Å². The Balaban J connectivity index is 1.85. The van der Waals surface area contributed by atoms with Gasteiger partial charge in [-0.15, -0.1) is 11.3 Å². The fourth-order valence-corrected chi connectivity index (χ4v) is 6.47. The largest absolute Gasteiger partial charge is 0.462 e. The van der Waals surface area contributed by atoms with Crippen LogP contribution in [-0.4, -0.2) is 44.3 Å². The maximum atomic E-state index is 12.9. The fraction of sp³-hybridized carbons (Fsp3) is 0.455. The van der Waals surface area contributed by atoms with Crippen LogP contribution in [0.2, 0.25) is 0 Å². The summed E-state index contributed by atoms with van der Waals surface area (Å²) in [5.74, 6) is -0.811. The molecule has 0 aliphatic heterocycles. The number of aryl methyl sites for hydroxylation is 1. The van der Waals surface area contributed by atoms with Crippen LogP contribution in [0, 0.1) is 0 Å². The monoisotopic (exact) mass is 464 g/mol. The Hall–Kier alpha value is -2.23. The Kier molecular flexibility index (Phi) is 7.51. The number of esters is 1. The van der Waals surface area contributed by atoms with Gasteiger partial charge in [0, 0.05) is 23.5 Å². The summed E-state index contributed by atoms with van der Waals surface area (Å²) in [6.07, 6.45) is 3.76. The number of fused-ring (bicyclic) bond motifs is 1. The maximum absolute atomic E-state index is 12.9. The Bertz CT molecular complexity index is 1050. The third-order valence-electron chi connectivity index (χ3n) is 5.34. The highest BCUT2D eigenvalue weighted by Crippen LogP contribution is 2.38. The second kappa shape index (κ2) is 9.93. The number of ether oxygens (including phenoxy) is 1. The SMILES string of the molecule is CCOC(=O)c1c(NC(=O)c2ccc(S(=O)(=O)N(CC)CC)cc2)sc2c1CCCC2. The van der Waals surface area contributed by atoms with E-state index in [1.54, 1.807) is 20.8 Å². The highest BCUT2D eigenvalue weighted by molar-refractivity contribution is 7.89. The van der Waals surface area contributed by atoms with Crippen LogP contribution in [0.5, 0.6) is 0 Å². The van der Waals surface area contributed by atoms with Crippen LogP contribution in [0.1, 0.15) is 64.8 Å². The van der Waals surface area contributed by atoms with Crippen LogP contribution in [0.25, 0.3) is 0 Å². The Morgan fingerprint density at radius 2 is 1.71 bits per heavy atom. The van der Waals surface area contributed by atoms with Gasteiger partial charge < -0.3 is 10.1 Å². The lowest BCUT2D eigenvalue weighted by Crippen LogP contribution is -2.30. The first-order valence-corrected chi connectivity index (χ1v) is 12.8. The summed E-state index contributed by atoms with van der Waals surface area (Å²) in [5, 5.41) is 3.34. The van der Waals surface area contributed by atoms with Gasteiger partial charge in [0.15, 0.2) is 0 Å². The van der Waals surface area contributed by atoms with Gasteiger partial charge in [0.25, 0.3) is 5.91 Å². The number of amides is 1. The molecule has 9 heteroatoms. The molecule has 0 spiro atoms. The van der Waals surface area contributed by atoms with Gasteiger partial charge in [-0.1, -0.05) is 13.8 Å². The van der Waals surface area contributed by atoms with Crippen molar-refractivity contribution in [1.82, 2.24) is 4.31 Å². The first-order valence-electron chi connectivity index (χ1n) is 10.6. The van der Waals surface area contributed by atoms with E-state index in [9.17, 15) is 18.0 Å². The molecule has 0 fully saturated rings. The number of hydrogen-bond acceptors (Lipinski definition) is 6. The Morgan fingerprint density at radius 3 is 2.32 bits per heavy atom. The molecule has 0 bridgehead atoms. The zero-order chi connectivity index (χ0) is 22.6. The molecule has 1 aromatic carbocycles. The van der Waals surface area contributed by atoms with Gasteiger partial charge in [0.1, 0.15) is 5.00 Å². The molecule has 1 N–H and O–H groups in total. The lowest BCUT2D eigenvalue weighted by molar-refractivity contribution is 0.0526. The van der Waals surface area contributed by atoms with E-state index < -0.39 is 21.9 Å². The van der Waals surface area contributed by atoms with E-state index in [0.717, 1.165) is 36.1 Å². The summed E-state index contributed by atoms with van der Waals surface area (Å²) in [6.45, 7) is 6.33. The number of nitrogens with zero attached hydrogens (tertiary/aromatic N) is 1. The van der Waals surface area contributed by atoms with E-state index in [0.29, 0.717) is 29.2 Å². The highest BCUT2D eigenvalue weighted by atomic mass is 32.2. The molecule has 1 aliphatic carbocycles. The van der Waals surface area contributed by atoms with E-state index in [1.165, 1.54) is 39.9 Å². The highest BCUT2D eigenvalue weighted by Gasteiger charge is 2.28. The molecule has 31 heavy (non-hydrogen) atoms. The van der Waals surface area contributed by atoms with Crippen molar-refractivity contribution in [3.63, 3.8) is 0 Å². The quantitative estimate of drug-likeness (QED) is 0.594. The van der Waals surface area contributed by atoms with Gasteiger partial charge in [0.05, 0.1) is 17.1 Å². The minimum absolute atomic E-state index is 0.145. The fourth-order valence-electron chi connectivity index (χ4n) is 3.74. The summed E-state index contributed by atoms with van der Waals surface area (Å²) < 4.78 is 31.9. The molecule has 1 aromatic heterocycles. The zero-order valence-electron chi connectivity index (χ0n) is 18.1. The first-order chi connectivity index (χ1) is 14.8. The van der Waals surface area contributed by atoms with Gasteiger partial charge in [-0.25, -0.2) is 13.2 Å². The minimum Gasteiger partial charge on any atom is -0.462 e. The van der Waals surface area contributed by atoms with Gasteiger partial charge in [-0.3, -0.25) is 4.79 Å². The van der Waals surface area contributed by atoms with Crippen molar-refractivity contribution >= 4 is 38.2 Å². The summed E-state index contributed by atoms with van der Waals surface area (Å²) in [6, 6.07) is 5.86. The maximum Gasteiger partial charge on any atom is 0.341 e.